The van der Waals surface area contributed by atoms with Gasteiger partial charge in [0, 0.05) is 43.6 Å². The number of likely N-dealkylation sites (N-methyl/N-ethyl adjacent to an activating group) is 1. The fraction of sp³-hybridized carbons (Fsp3) is 0.294. The minimum absolute atomic E-state index is 0.0392. The van der Waals surface area contributed by atoms with Gasteiger partial charge in [-0.1, -0.05) is 54.6 Å². The van der Waals surface area contributed by atoms with Crippen LogP contribution in [0.2, 0.25) is 0 Å². The van der Waals surface area contributed by atoms with Crippen molar-refractivity contribution in [2.75, 3.05) is 39.8 Å². The van der Waals surface area contributed by atoms with Gasteiger partial charge in [-0.2, -0.15) is 0 Å². The van der Waals surface area contributed by atoms with Crippen LogP contribution in [0.25, 0.3) is 21.9 Å². The largest absolute Gasteiger partial charge is 0.491 e. The number of nitrogens with zero attached hydrogens (tertiary/aromatic N) is 3. The van der Waals surface area contributed by atoms with Crippen LogP contribution in [0.4, 0.5) is 0 Å². The molecule has 0 saturated carbocycles. The lowest BCUT2D eigenvalue weighted by molar-refractivity contribution is -0.133. The van der Waals surface area contributed by atoms with Crippen LogP contribution < -0.4 is 15.4 Å². The topological polar surface area (TPSA) is 104 Å². The second-order valence-electron chi connectivity index (χ2n) is 11.4. The smallest absolute Gasteiger partial charge is 0.252 e. The Labute approximate surface area is 250 Å². The van der Waals surface area contributed by atoms with Gasteiger partial charge in [0.05, 0.1) is 24.6 Å². The zero-order valence-electron chi connectivity index (χ0n) is 24.2. The van der Waals surface area contributed by atoms with Crippen LogP contribution in [-0.4, -0.2) is 84.4 Å². The van der Waals surface area contributed by atoms with Crippen LogP contribution in [0.1, 0.15) is 22.3 Å². The molecule has 4 aromatic rings. The van der Waals surface area contributed by atoms with Crippen LogP contribution >= 0.6 is 0 Å². The maximum absolute atomic E-state index is 13.5. The predicted molar refractivity (Wildman–Crippen MR) is 165 cm³/mol. The highest BCUT2D eigenvalue weighted by molar-refractivity contribution is 5.95. The van der Waals surface area contributed by atoms with Crippen molar-refractivity contribution in [2.24, 2.45) is 0 Å². The molecule has 2 aliphatic rings. The van der Waals surface area contributed by atoms with Crippen molar-refractivity contribution in [1.82, 2.24) is 25.4 Å². The molecule has 2 atom stereocenters. The third-order valence-electron chi connectivity index (χ3n) is 8.07. The predicted octanol–water partition coefficient (Wildman–Crippen LogP) is 3.28. The lowest BCUT2D eigenvalue weighted by atomic mass is 10.0. The number of pyridine rings is 1. The molecule has 9 heteroatoms. The van der Waals surface area contributed by atoms with Crippen LogP contribution in [-0.2, 0) is 16.0 Å². The fourth-order valence-corrected chi connectivity index (χ4v) is 5.84. The maximum Gasteiger partial charge on any atom is 0.252 e. The van der Waals surface area contributed by atoms with Gasteiger partial charge in [0.15, 0.2) is 0 Å². The number of benzene rings is 3. The summed E-state index contributed by atoms with van der Waals surface area (Å²) in [6, 6.07) is 23.2. The van der Waals surface area contributed by atoms with Crippen LogP contribution in [0, 0.1) is 0 Å². The summed E-state index contributed by atoms with van der Waals surface area (Å²) in [6.45, 7) is 1.80. The molecule has 3 aromatic carbocycles. The fourth-order valence-electron chi connectivity index (χ4n) is 5.84. The molecule has 43 heavy (non-hydrogen) atoms. The monoisotopic (exact) mass is 577 g/mol. The molecule has 1 saturated heterocycles. The molecular weight excluding hydrogens is 542 g/mol. The number of aromatic nitrogens is 1. The maximum atomic E-state index is 13.5. The molecule has 1 fully saturated rings. The van der Waals surface area contributed by atoms with Crippen molar-refractivity contribution in [3.05, 3.63) is 96.3 Å². The highest BCUT2D eigenvalue weighted by atomic mass is 16.5. The number of amides is 3. The molecule has 4 bridgehead atoms. The Morgan fingerprint density at radius 3 is 2.70 bits per heavy atom. The average molecular weight is 578 g/mol. The van der Waals surface area contributed by atoms with Gasteiger partial charge >= 0.3 is 0 Å². The molecule has 3 amide bonds. The Morgan fingerprint density at radius 1 is 0.977 bits per heavy atom. The summed E-state index contributed by atoms with van der Waals surface area (Å²) in [5.41, 5.74) is 3.11. The molecular formula is C34H35N5O4. The SMILES string of the molecule is CN1CCNC(=O)c2cncc(c2)-c2cccc(c2)OC[C@@H]2C[C@@H](NC(=O)Cc3ccc4ccccc4c3)CN2C(=O)C1. The van der Waals surface area contributed by atoms with Crippen molar-refractivity contribution >= 4 is 28.5 Å². The van der Waals surface area contributed by atoms with Crippen LogP contribution in [0.15, 0.2) is 85.2 Å². The van der Waals surface area contributed by atoms with E-state index in [1.54, 1.807) is 12.4 Å². The quantitative estimate of drug-likeness (QED) is 0.388. The number of fused-ring (bicyclic) bond motifs is 7. The van der Waals surface area contributed by atoms with E-state index in [2.05, 4.69) is 21.7 Å². The van der Waals surface area contributed by atoms with E-state index in [0.29, 0.717) is 44.0 Å². The molecule has 1 aromatic heterocycles. The van der Waals surface area contributed by atoms with Crippen LogP contribution in [0.5, 0.6) is 5.75 Å². The first-order valence-electron chi connectivity index (χ1n) is 14.6. The molecule has 220 valence electrons. The van der Waals surface area contributed by atoms with E-state index in [1.807, 2.05) is 83.6 Å². The Kier molecular flexibility index (Phi) is 8.33. The number of rotatable bonds is 3. The van der Waals surface area contributed by atoms with Crippen molar-refractivity contribution in [3.63, 3.8) is 0 Å². The number of nitrogens with one attached hydrogen (secondary N) is 2. The molecule has 2 aliphatic heterocycles. The Hall–Kier alpha value is -4.76. The van der Waals surface area contributed by atoms with Crippen LogP contribution in [0.3, 0.4) is 0 Å². The highest BCUT2D eigenvalue weighted by Gasteiger charge is 2.36. The summed E-state index contributed by atoms with van der Waals surface area (Å²) >= 11 is 0. The molecule has 0 unspecified atom stereocenters. The number of hydrogen-bond acceptors (Lipinski definition) is 6. The number of carbonyl (C=O) groups is 3. The summed E-state index contributed by atoms with van der Waals surface area (Å²) in [5, 5.41) is 8.33. The van der Waals surface area contributed by atoms with Crippen molar-refractivity contribution < 1.29 is 19.1 Å². The summed E-state index contributed by atoms with van der Waals surface area (Å²) in [6.07, 6.45) is 4.14. The van der Waals surface area contributed by atoms with Gasteiger partial charge < -0.3 is 20.3 Å². The van der Waals surface area contributed by atoms with Crippen molar-refractivity contribution in [3.8, 4) is 16.9 Å². The second kappa shape index (κ2) is 12.6. The number of hydrogen-bond donors (Lipinski definition) is 2. The van der Waals surface area contributed by atoms with E-state index in [4.69, 9.17) is 4.74 Å². The lowest BCUT2D eigenvalue weighted by Crippen LogP contribution is -2.46. The first kappa shape index (κ1) is 28.4. The van der Waals surface area contributed by atoms with Crippen molar-refractivity contribution in [1.29, 1.82) is 0 Å². The summed E-state index contributed by atoms with van der Waals surface area (Å²) < 4.78 is 6.22. The van der Waals surface area contributed by atoms with Gasteiger partial charge in [0.25, 0.3) is 5.91 Å². The van der Waals surface area contributed by atoms with E-state index >= 15 is 0 Å². The zero-order valence-corrected chi connectivity index (χ0v) is 24.2. The molecule has 9 nitrogen and oxygen atoms in total. The van der Waals surface area contributed by atoms with E-state index < -0.39 is 0 Å². The number of ether oxygens (including phenoxy) is 1. The minimum Gasteiger partial charge on any atom is -0.491 e. The van der Waals surface area contributed by atoms with E-state index in [0.717, 1.165) is 27.5 Å². The van der Waals surface area contributed by atoms with Gasteiger partial charge in [0.1, 0.15) is 12.4 Å². The van der Waals surface area contributed by atoms with E-state index in [-0.39, 0.29) is 42.8 Å². The molecule has 2 N–H and O–H groups in total. The van der Waals surface area contributed by atoms with Gasteiger partial charge in [-0.3, -0.25) is 24.3 Å². The Morgan fingerprint density at radius 2 is 1.81 bits per heavy atom. The summed E-state index contributed by atoms with van der Waals surface area (Å²) in [5.74, 6) is 0.334. The zero-order chi connectivity index (χ0) is 29.8. The number of carbonyl (C=O) groups excluding carboxylic acids is 3. The van der Waals surface area contributed by atoms with Gasteiger partial charge in [-0.25, -0.2) is 0 Å². The molecule has 0 spiro atoms. The molecule has 6 rings (SSSR count). The summed E-state index contributed by atoms with van der Waals surface area (Å²) in [7, 11) is 1.86. The third-order valence-corrected chi connectivity index (χ3v) is 8.07. The normalized spacial score (nSPS) is 19.7. The Balaban J connectivity index is 1.18. The van der Waals surface area contributed by atoms with Crippen molar-refractivity contribution in [2.45, 2.75) is 24.9 Å². The van der Waals surface area contributed by atoms with Gasteiger partial charge in [-0.15, -0.1) is 0 Å². The van der Waals surface area contributed by atoms with Gasteiger partial charge in [0.2, 0.25) is 11.8 Å². The van der Waals surface area contributed by atoms with Gasteiger partial charge in [-0.05, 0) is 53.6 Å². The standard InChI is InChI=1S/C34H35N5O4/c1-38-12-11-36-34(42)28-15-27(18-35-19-28)26-7-4-8-31(16-26)43-22-30-17-29(20-39(30)33(41)21-38)37-32(40)14-23-9-10-24-5-2-3-6-25(24)13-23/h2-10,13,15-16,18-19,29-30H,11-12,14,17,20-22H2,1H3,(H,36,42)(H,37,40)/t29-,30+/m1/s1. The lowest BCUT2D eigenvalue weighted by Gasteiger charge is -2.27. The minimum atomic E-state index is -0.215. The molecule has 0 aliphatic carbocycles. The summed E-state index contributed by atoms with van der Waals surface area (Å²) in [4.78, 5) is 47.3. The third kappa shape index (κ3) is 6.84. The average Bonchev–Trinajstić information content (AvgIpc) is 3.42. The molecule has 0 radical (unpaired) electrons. The molecule has 3 heterocycles. The van der Waals surface area contributed by atoms with E-state index in [1.165, 1.54) is 0 Å². The Bertz CT molecular complexity index is 1660. The highest BCUT2D eigenvalue weighted by Crippen LogP contribution is 2.26. The first-order chi connectivity index (χ1) is 20.9. The van der Waals surface area contributed by atoms with E-state index in [9.17, 15) is 14.4 Å². The second-order valence-corrected chi connectivity index (χ2v) is 11.4. The first-order valence-corrected chi connectivity index (χ1v) is 14.6.